The highest BCUT2D eigenvalue weighted by Crippen LogP contribution is 2.32. The van der Waals surface area contributed by atoms with Gasteiger partial charge in [-0.1, -0.05) is 36.4 Å². The molecule has 34 heavy (non-hydrogen) atoms. The van der Waals surface area contributed by atoms with Gasteiger partial charge in [0, 0.05) is 25.2 Å². The number of aliphatic hydroxyl groups is 1. The third kappa shape index (κ3) is 5.50. The van der Waals surface area contributed by atoms with Gasteiger partial charge in [-0.2, -0.15) is 9.59 Å². The molecule has 2 aliphatic rings. The normalized spacial score (nSPS) is 16.7. The Hall–Kier alpha value is -3.55. The maximum absolute atomic E-state index is 9.98. The molecular weight excluding hydrogens is 432 g/mol. The largest absolute Gasteiger partial charge is 0.489 e. The molecule has 0 spiro atoms. The number of fused-ring (bicyclic) bond motifs is 2. The lowest BCUT2D eigenvalue weighted by Crippen LogP contribution is -2.29. The zero-order valence-electron chi connectivity index (χ0n) is 18.9. The summed E-state index contributed by atoms with van der Waals surface area (Å²) in [7, 11) is 0. The van der Waals surface area contributed by atoms with E-state index in [2.05, 4.69) is 44.5 Å². The summed E-state index contributed by atoms with van der Waals surface area (Å²) >= 11 is 0. The van der Waals surface area contributed by atoms with Crippen LogP contribution in [0.1, 0.15) is 39.8 Å². The molecule has 3 N–H and O–H groups in total. The Kier molecular flexibility index (Phi) is 8.01. The van der Waals surface area contributed by atoms with Crippen molar-refractivity contribution in [2.24, 2.45) is 0 Å². The van der Waals surface area contributed by atoms with Crippen LogP contribution in [0, 0.1) is 0 Å². The maximum Gasteiger partial charge on any atom is 0.373 e. The summed E-state index contributed by atoms with van der Waals surface area (Å²) in [5.74, 6) is 1.86. The van der Waals surface area contributed by atoms with Crippen LogP contribution in [0.4, 0.5) is 0 Å². The van der Waals surface area contributed by atoms with Crippen molar-refractivity contribution in [3.05, 3.63) is 88.5 Å². The van der Waals surface area contributed by atoms with Gasteiger partial charge in [0.15, 0.2) is 0 Å². The Morgan fingerprint density at radius 1 is 1.21 bits per heavy atom. The summed E-state index contributed by atoms with van der Waals surface area (Å²) in [5, 5.41) is 16.9. The van der Waals surface area contributed by atoms with E-state index >= 15 is 0 Å². The molecule has 0 radical (unpaired) electrons. The van der Waals surface area contributed by atoms with E-state index in [-0.39, 0.29) is 18.8 Å². The smallest absolute Gasteiger partial charge is 0.373 e. The second kappa shape index (κ2) is 11.5. The summed E-state index contributed by atoms with van der Waals surface area (Å²) in [4.78, 5) is 20.8. The zero-order valence-corrected chi connectivity index (χ0v) is 18.9. The van der Waals surface area contributed by atoms with Gasteiger partial charge in [0.05, 0.1) is 31.1 Å². The van der Waals surface area contributed by atoms with Crippen molar-refractivity contribution >= 4 is 12.2 Å². The van der Waals surface area contributed by atoms with Gasteiger partial charge in [-0.25, -0.2) is 4.98 Å². The number of rotatable bonds is 6. The molecule has 3 aromatic rings. The maximum atomic E-state index is 9.98. The summed E-state index contributed by atoms with van der Waals surface area (Å²) in [6.07, 6.45) is 7.51. The molecule has 0 amide bonds. The van der Waals surface area contributed by atoms with Gasteiger partial charge in [0.1, 0.15) is 18.2 Å². The molecule has 1 atom stereocenters. The van der Waals surface area contributed by atoms with Gasteiger partial charge in [0.25, 0.3) is 0 Å². The second-order valence-electron chi connectivity index (χ2n) is 8.14. The predicted molar refractivity (Wildman–Crippen MR) is 126 cm³/mol. The highest BCUT2D eigenvalue weighted by molar-refractivity contribution is 5.51. The van der Waals surface area contributed by atoms with Crippen molar-refractivity contribution in [1.29, 1.82) is 0 Å². The fourth-order valence-corrected chi connectivity index (χ4v) is 4.38. The number of carbonyl (C=O) groups excluding carboxylic acids is 2. The average molecular weight is 461 g/mol. The van der Waals surface area contributed by atoms with E-state index in [1.807, 2.05) is 36.5 Å². The van der Waals surface area contributed by atoms with Gasteiger partial charge in [-0.05, 0) is 41.3 Å². The van der Waals surface area contributed by atoms with Crippen LogP contribution in [0.15, 0.2) is 54.7 Å². The van der Waals surface area contributed by atoms with Crippen LogP contribution in [-0.2, 0) is 42.3 Å². The Balaban J connectivity index is 0.000000868. The van der Waals surface area contributed by atoms with Crippen molar-refractivity contribution in [1.82, 2.24) is 20.2 Å². The Morgan fingerprint density at radius 3 is 2.82 bits per heavy atom. The Morgan fingerprint density at radius 2 is 2.03 bits per heavy atom. The van der Waals surface area contributed by atoms with Crippen LogP contribution in [0.3, 0.4) is 0 Å². The monoisotopic (exact) mass is 460 g/mol. The van der Waals surface area contributed by atoms with E-state index in [1.54, 1.807) is 0 Å². The molecule has 2 aliphatic heterocycles. The van der Waals surface area contributed by atoms with Crippen molar-refractivity contribution in [2.75, 3.05) is 13.1 Å². The summed E-state index contributed by atoms with van der Waals surface area (Å²) in [6, 6.07) is 14.4. The van der Waals surface area contributed by atoms with Crippen molar-refractivity contribution < 1.29 is 19.4 Å². The fourth-order valence-electron chi connectivity index (χ4n) is 4.38. The third-order valence-electron chi connectivity index (χ3n) is 6.05. The summed E-state index contributed by atoms with van der Waals surface area (Å²) < 4.78 is 8.35. The number of aromatic nitrogens is 2. The number of hydrogen-bond donors (Lipinski definition) is 3. The highest BCUT2D eigenvalue weighted by atomic mass is 16.5. The number of hydrogen-bond acceptors (Lipinski definition) is 7. The van der Waals surface area contributed by atoms with Gasteiger partial charge in [0.2, 0.25) is 0 Å². The molecule has 8 nitrogen and oxygen atoms in total. The van der Waals surface area contributed by atoms with Gasteiger partial charge in [-0.15, -0.1) is 0 Å². The van der Waals surface area contributed by atoms with Crippen molar-refractivity contribution in [3.8, 4) is 5.75 Å². The van der Waals surface area contributed by atoms with E-state index in [4.69, 9.17) is 14.3 Å². The molecule has 0 saturated heterocycles. The SMILES string of the molecule is O=C=O.OCc1cc2c(cc1OCc1ccccc1)CCNC2/C=C/c1cnc2n1CCNC2. The quantitative estimate of drug-likeness (QED) is 0.519. The van der Waals surface area contributed by atoms with Crippen molar-refractivity contribution in [2.45, 2.75) is 38.8 Å². The molecule has 176 valence electrons. The molecule has 8 heteroatoms. The second-order valence-corrected chi connectivity index (χ2v) is 8.14. The van der Waals surface area contributed by atoms with Gasteiger partial charge >= 0.3 is 6.15 Å². The summed E-state index contributed by atoms with van der Waals surface area (Å²) in [6.45, 7) is 4.10. The molecule has 1 aromatic heterocycles. The van der Waals surface area contributed by atoms with E-state index in [0.717, 1.165) is 61.0 Å². The minimum absolute atomic E-state index is 0.0447. The Labute approximate surface area is 198 Å². The number of benzene rings is 2. The first kappa shape index (κ1) is 23.6. The molecule has 0 fully saturated rings. The van der Waals surface area contributed by atoms with Crippen LogP contribution in [0.5, 0.6) is 5.75 Å². The van der Waals surface area contributed by atoms with Crippen LogP contribution < -0.4 is 15.4 Å². The fraction of sp³-hybridized carbons (Fsp3) is 0.308. The van der Waals surface area contributed by atoms with E-state index < -0.39 is 0 Å². The first-order valence-corrected chi connectivity index (χ1v) is 11.3. The minimum Gasteiger partial charge on any atom is -0.489 e. The Bertz CT molecular complexity index is 1170. The number of ether oxygens (including phenoxy) is 1. The van der Waals surface area contributed by atoms with Gasteiger partial charge in [-0.3, -0.25) is 0 Å². The predicted octanol–water partition coefficient (Wildman–Crippen LogP) is 2.37. The van der Waals surface area contributed by atoms with Crippen LogP contribution >= 0.6 is 0 Å². The van der Waals surface area contributed by atoms with E-state index in [1.165, 1.54) is 11.1 Å². The molecule has 3 heterocycles. The van der Waals surface area contributed by atoms with E-state index in [0.29, 0.717) is 6.61 Å². The molecule has 5 rings (SSSR count). The summed E-state index contributed by atoms with van der Waals surface area (Å²) in [5.41, 5.74) is 5.55. The molecule has 0 aliphatic carbocycles. The first-order valence-electron chi connectivity index (χ1n) is 11.3. The zero-order chi connectivity index (χ0) is 23.8. The van der Waals surface area contributed by atoms with Gasteiger partial charge < -0.3 is 25.0 Å². The lowest BCUT2D eigenvalue weighted by atomic mass is 9.91. The van der Waals surface area contributed by atoms with Crippen LogP contribution in [-0.4, -0.2) is 33.9 Å². The standard InChI is InChI=1S/C25H28N4O2.CO2/c30-16-20-12-22-19(13-24(20)31-17-18-4-2-1-3-5-18)8-9-27-23(22)7-6-21-14-28-25-15-26-10-11-29(21)25;2-1-3/h1-7,12-14,23,26-27,30H,8-11,15-17H2;/b7-6+;. The van der Waals surface area contributed by atoms with E-state index in [9.17, 15) is 5.11 Å². The number of imidazole rings is 1. The topological polar surface area (TPSA) is 105 Å². The van der Waals surface area contributed by atoms with Crippen LogP contribution in [0.2, 0.25) is 0 Å². The number of nitrogens with one attached hydrogen (secondary N) is 2. The minimum atomic E-state index is -0.0447. The van der Waals surface area contributed by atoms with Crippen LogP contribution in [0.25, 0.3) is 6.08 Å². The molecule has 0 saturated carbocycles. The third-order valence-corrected chi connectivity index (χ3v) is 6.05. The molecule has 2 aromatic carbocycles. The number of aliphatic hydroxyl groups excluding tert-OH is 1. The first-order chi connectivity index (χ1) is 16.7. The van der Waals surface area contributed by atoms with Crippen molar-refractivity contribution in [3.63, 3.8) is 0 Å². The molecule has 1 unspecified atom stereocenters. The highest BCUT2D eigenvalue weighted by Gasteiger charge is 2.21. The average Bonchev–Trinajstić information content (AvgIpc) is 3.30. The lowest BCUT2D eigenvalue weighted by molar-refractivity contribution is -0.191. The molecule has 0 bridgehead atoms. The lowest BCUT2D eigenvalue weighted by Gasteiger charge is -2.26. The molecular formula is C26H28N4O4. The number of nitrogens with zero attached hydrogens (tertiary/aromatic N) is 2.